The minimum atomic E-state index is -0.636. The van der Waals surface area contributed by atoms with Crippen LogP contribution in [0.3, 0.4) is 0 Å². The summed E-state index contributed by atoms with van der Waals surface area (Å²) < 4.78 is 20.5. The average Bonchev–Trinajstić information content (AvgIpc) is 3.00. The zero-order valence-electron chi connectivity index (χ0n) is 18.9. The van der Waals surface area contributed by atoms with E-state index in [1.807, 2.05) is 49.4 Å². The molecule has 0 bridgehead atoms. The number of carbonyl (C=O) groups excluding carboxylic acids is 2. The van der Waals surface area contributed by atoms with Gasteiger partial charge in [0.25, 0.3) is 5.91 Å². The van der Waals surface area contributed by atoms with Crippen LogP contribution in [-0.2, 0) is 4.79 Å². The van der Waals surface area contributed by atoms with Crippen molar-refractivity contribution in [2.24, 2.45) is 0 Å². The third kappa shape index (κ3) is 4.39. The second-order valence-electron chi connectivity index (χ2n) is 8.26. The largest absolute Gasteiger partial charge is 0.493 e. The Bertz CT molecular complexity index is 1440. The number of nitrogens with one attached hydrogen (secondary N) is 1. The summed E-state index contributed by atoms with van der Waals surface area (Å²) in [5.74, 6) is -0.586. The Labute approximate surface area is 210 Å². The van der Waals surface area contributed by atoms with Gasteiger partial charge in [-0.1, -0.05) is 58.4 Å². The van der Waals surface area contributed by atoms with Gasteiger partial charge in [-0.15, -0.1) is 0 Å². The van der Waals surface area contributed by atoms with Gasteiger partial charge in [0.1, 0.15) is 18.1 Å². The van der Waals surface area contributed by atoms with Gasteiger partial charge < -0.3 is 15.0 Å². The molecule has 1 heterocycles. The van der Waals surface area contributed by atoms with Crippen LogP contribution in [0.5, 0.6) is 5.75 Å². The number of hydrogen-bond donors (Lipinski definition) is 1. The van der Waals surface area contributed by atoms with E-state index in [0.717, 1.165) is 20.8 Å². The fraction of sp³-hybridized carbons (Fsp3) is 0.143. The van der Waals surface area contributed by atoms with Crippen molar-refractivity contribution in [1.29, 1.82) is 0 Å². The van der Waals surface area contributed by atoms with Crippen LogP contribution in [0.25, 0.3) is 10.8 Å². The molecule has 0 saturated carbocycles. The molecule has 0 radical (unpaired) electrons. The predicted octanol–water partition coefficient (Wildman–Crippen LogP) is 6.32. The minimum Gasteiger partial charge on any atom is -0.493 e. The molecule has 5 nitrogen and oxygen atoms in total. The number of anilines is 1. The van der Waals surface area contributed by atoms with E-state index in [9.17, 15) is 14.0 Å². The Morgan fingerprint density at radius 2 is 1.86 bits per heavy atom. The van der Waals surface area contributed by atoms with Crippen LogP contribution in [0.2, 0.25) is 0 Å². The van der Waals surface area contributed by atoms with Gasteiger partial charge in [-0.2, -0.15) is 0 Å². The Morgan fingerprint density at radius 3 is 2.63 bits per heavy atom. The zero-order chi connectivity index (χ0) is 24.5. The third-order valence-electron chi connectivity index (χ3n) is 6.06. The van der Waals surface area contributed by atoms with Crippen molar-refractivity contribution >= 4 is 44.2 Å². The maximum atomic E-state index is 14.3. The standard InChI is InChI=1S/C28H22BrFN2O3/c1-2-35-24-14-9-17-5-3-4-6-21(17)26(24)28(34)32-16-25(33)31-23-13-10-19(29)15-22(23)27(32)18-7-11-20(30)12-8-18/h3-15,27H,2,16H2,1H3,(H,31,33). The minimum absolute atomic E-state index is 0.179. The first-order valence-corrected chi connectivity index (χ1v) is 12.1. The molecule has 4 aromatic carbocycles. The number of rotatable bonds is 4. The first kappa shape index (κ1) is 23.1. The molecular formula is C28H22BrFN2O3. The number of fused-ring (bicyclic) bond motifs is 2. The van der Waals surface area contributed by atoms with E-state index >= 15 is 0 Å². The van der Waals surface area contributed by atoms with Crippen molar-refractivity contribution in [3.05, 3.63) is 106 Å². The topological polar surface area (TPSA) is 58.6 Å². The molecule has 0 aromatic heterocycles. The van der Waals surface area contributed by atoms with Gasteiger partial charge >= 0.3 is 0 Å². The number of halogens is 2. The fourth-order valence-electron chi connectivity index (χ4n) is 4.56. The average molecular weight is 533 g/mol. The molecule has 7 heteroatoms. The summed E-state index contributed by atoms with van der Waals surface area (Å²) in [6, 6.07) is 22.2. The Hall–Kier alpha value is -3.71. The van der Waals surface area contributed by atoms with Gasteiger partial charge in [0.2, 0.25) is 5.91 Å². The van der Waals surface area contributed by atoms with Crippen LogP contribution in [-0.4, -0.2) is 29.9 Å². The van der Waals surface area contributed by atoms with Crippen molar-refractivity contribution in [3.63, 3.8) is 0 Å². The van der Waals surface area contributed by atoms with Crippen molar-refractivity contribution in [2.45, 2.75) is 13.0 Å². The quantitative estimate of drug-likeness (QED) is 0.334. The first-order chi connectivity index (χ1) is 17.0. The van der Waals surface area contributed by atoms with Gasteiger partial charge in [-0.25, -0.2) is 4.39 Å². The Balaban J connectivity index is 1.74. The highest BCUT2D eigenvalue weighted by molar-refractivity contribution is 9.10. The highest BCUT2D eigenvalue weighted by Gasteiger charge is 2.35. The highest BCUT2D eigenvalue weighted by atomic mass is 79.9. The number of amides is 2. The third-order valence-corrected chi connectivity index (χ3v) is 6.55. The molecule has 0 fully saturated rings. The second-order valence-corrected chi connectivity index (χ2v) is 9.18. The van der Waals surface area contributed by atoms with E-state index in [2.05, 4.69) is 21.2 Å². The fourth-order valence-corrected chi connectivity index (χ4v) is 4.94. The molecule has 2 amide bonds. The van der Waals surface area contributed by atoms with Gasteiger partial charge in [0.15, 0.2) is 0 Å². The molecule has 0 saturated heterocycles. The van der Waals surface area contributed by atoms with Crippen LogP contribution in [0, 0.1) is 5.82 Å². The predicted molar refractivity (Wildman–Crippen MR) is 137 cm³/mol. The maximum Gasteiger partial charge on any atom is 0.259 e. The smallest absolute Gasteiger partial charge is 0.259 e. The molecule has 0 spiro atoms. The van der Waals surface area contributed by atoms with Gasteiger partial charge in [-0.05, 0) is 59.7 Å². The Morgan fingerprint density at radius 1 is 1.09 bits per heavy atom. The van der Waals surface area contributed by atoms with E-state index in [-0.39, 0.29) is 24.2 Å². The number of hydrogen-bond acceptors (Lipinski definition) is 3. The monoisotopic (exact) mass is 532 g/mol. The van der Waals surface area contributed by atoms with Crippen LogP contribution < -0.4 is 10.1 Å². The SMILES string of the molecule is CCOc1ccc2ccccc2c1C(=O)N1CC(=O)Nc2ccc(Br)cc2C1c1ccc(F)cc1. The summed E-state index contributed by atoms with van der Waals surface area (Å²) in [4.78, 5) is 28.8. The van der Waals surface area contributed by atoms with E-state index in [4.69, 9.17) is 4.74 Å². The molecule has 1 aliphatic rings. The maximum absolute atomic E-state index is 14.3. The Kier molecular flexibility index (Phi) is 6.26. The summed E-state index contributed by atoms with van der Waals surface area (Å²) in [5, 5.41) is 4.54. The van der Waals surface area contributed by atoms with Crippen molar-refractivity contribution in [3.8, 4) is 5.75 Å². The number of nitrogens with zero attached hydrogens (tertiary/aromatic N) is 1. The second kappa shape index (κ2) is 9.50. The molecular weight excluding hydrogens is 511 g/mol. The van der Waals surface area contributed by atoms with Crippen molar-refractivity contribution < 1.29 is 18.7 Å². The molecule has 176 valence electrons. The molecule has 1 aliphatic heterocycles. The molecule has 4 aromatic rings. The lowest BCUT2D eigenvalue weighted by Crippen LogP contribution is -2.39. The van der Waals surface area contributed by atoms with E-state index in [1.165, 1.54) is 17.0 Å². The first-order valence-electron chi connectivity index (χ1n) is 11.3. The van der Waals surface area contributed by atoms with Crippen molar-refractivity contribution in [1.82, 2.24) is 4.90 Å². The van der Waals surface area contributed by atoms with Gasteiger partial charge in [-0.3, -0.25) is 9.59 Å². The van der Waals surface area contributed by atoms with Crippen LogP contribution in [0.4, 0.5) is 10.1 Å². The number of benzene rings is 4. The number of carbonyl (C=O) groups is 2. The molecule has 35 heavy (non-hydrogen) atoms. The van der Waals surface area contributed by atoms with Gasteiger partial charge in [0.05, 0.1) is 18.2 Å². The lowest BCUT2D eigenvalue weighted by atomic mass is 9.94. The molecule has 0 aliphatic carbocycles. The molecule has 1 N–H and O–H groups in total. The van der Waals surface area contributed by atoms with Crippen molar-refractivity contribution in [2.75, 3.05) is 18.5 Å². The molecule has 1 unspecified atom stereocenters. The molecule has 5 rings (SSSR count). The van der Waals surface area contributed by atoms with E-state index < -0.39 is 6.04 Å². The van der Waals surface area contributed by atoms with E-state index in [0.29, 0.717) is 29.2 Å². The highest BCUT2D eigenvalue weighted by Crippen LogP contribution is 2.40. The molecule has 1 atom stereocenters. The summed E-state index contributed by atoms with van der Waals surface area (Å²) in [5.41, 5.74) is 2.41. The normalized spacial score (nSPS) is 15.3. The summed E-state index contributed by atoms with van der Waals surface area (Å²) in [6.07, 6.45) is 0. The summed E-state index contributed by atoms with van der Waals surface area (Å²) >= 11 is 3.51. The number of ether oxygens (including phenoxy) is 1. The van der Waals surface area contributed by atoms with Crippen LogP contribution in [0.15, 0.2) is 83.3 Å². The summed E-state index contributed by atoms with van der Waals surface area (Å²) in [7, 11) is 0. The summed E-state index contributed by atoms with van der Waals surface area (Å²) in [6.45, 7) is 2.07. The zero-order valence-corrected chi connectivity index (χ0v) is 20.5. The van der Waals surface area contributed by atoms with Gasteiger partial charge in [0, 0.05) is 15.7 Å². The lowest BCUT2D eigenvalue weighted by molar-refractivity contribution is -0.117. The van der Waals surface area contributed by atoms with E-state index in [1.54, 1.807) is 24.3 Å². The van der Waals surface area contributed by atoms with Crippen LogP contribution in [0.1, 0.15) is 34.5 Å². The van der Waals surface area contributed by atoms with Crippen LogP contribution >= 0.6 is 15.9 Å². The lowest BCUT2D eigenvalue weighted by Gasteiger charge is -2.31.